The summed E-state index contributed by atoms with van der Waals surface area (Å²) in [5, 5.41) is 0.722. The third kappa shape index (κ3) is 3.81. The second-order valence-electron chi connectivity index (χ2n) is 5.18. The van der Waals surface area contributed by atoms with E-state index in [2.05, 4.69) is 22.2 Å². The van der Waals surface area contributed by atoms with Crippen LogP contribution in [0.2, 0.25) is 5.02 Å². The minimum absolute atomic E-state index is 0.670. The minimum Gasteiger partial charge on any atom is -0.308 e. The molecule has 0 radical (unpaired) electrons. The number of likely N-dealkylation sites (tertiary alicyclic amines) is 1. The Bertz CT molecular complexity index is 408. The Hall–Kier alpha value is -0.840. The van der Waals surface area contributed by atoms with E-state index < -0.39 is 0 Å². The number of nitrogens with two attached hydrogens (primary N) is 1. The lowest BCUT2D eigenvalue weighted by Gasteiger charge is -2.35. The third-order valence-electron chi connectivity index (χ3n) is 3.79. The van der Waals surface area contributed by atoms with Gasteiger partial charge >= 0.3 is 0 Å². The van der Waals surface area contributed by atoms with Gasteiger partial charge in [-0.2, -0.15) is 0 Å². The van der Waals surface area contributed by atoms with Gasteiger partial charge in [-0.25, -0.2) is 10.8 Å². The fourth-order valence-electron chi connectivity index (χ4n) is 2.80. The van der Waals surface area contributed by atoms with E-state index in [1.807, 2.05) is 6.07 Å². The van der Waals surface area contributed by atoms with Crippen molar-refractivity contribution in [2.24, 2.45) is 5.84 Å². The molecule has 1 saturated heterocycles. The van der Waals surface area contributed by atoms with Gasteiger partial charge < -0.3 is 5.43 Å². The SMILES string of the molecule is CCCC1CCCCN1Cc1nc(NN)ccc1Cl. The highest BCUT2D eigenvalue weighted by Gasteiger charge is 2.22. The van der Waals surface area contributed by atoms with Crippen LogP contribution < -0.4 is 11.3 Å². The number of pyridine rings is 1. The summed E-state index contributed by atoms with van der Waals surface area (Å²) in [6.07, 6.45) is 6.39. The zero-order chi connectivity index (χ0) is 13.7. The van der Waals surface area contributed by atoms with Crippen LogP contribution in [0.5, 0.6) is 0 Å². The second-order valence-corrected chi connectivity index (χ2v) is 5.59. The molecule has 1 fully saturated rings. The number of hydrogen-bond acceptors (Lipinski definition) is 4. The molecule has 1 aromatic rings. The number of nitrogens with one attached hydrogen (secondary N) is 1. The average molecular weight is 283 g/mol. The van der Waals surface area contributed by atoms with Crippen LogP contribution in [0.25, 0.3) is 0 Å². The van der Waals surface area contributed by atoms with E-state index in [-0.39, 0.29) is 0 Å². The fraction of sp³-hybridized carbons (Fsp3) is 0.643. The van der Waals surface area contributed by atoms with Gasteiger partial charge in [0.1, 0.15) is 5.82 Å². The van der Waals surface area contributed by atoms with Crippen LogP contribution in [-0.4, -0.2) is 22.5 Å². The monoisotopic (exact) mass is 282 g/mol. The predicted molar refractivity (Wildman–Crippen MR) is 80.0 cm³/mol. The highest BCUT2D eigenvalue weighted by atomic mass is 35.5. The predicted octanol–water partition coefficient (Wildman–Crippen LogP) is 3.18. The molecule has 0 aromatic carbocycles. The molecular formula is C14H23ClN4. The maximum Gasteiger partial charge on any atom is 0.140 e. The molecule has 1 atom stereocenters. The molecule has 5 heteroatoms. The first-order chi connectivity index (χ1) is 9.24. The standard InChI is InChI=1S/C14H23ClN4/c1-2-5-11-6-3-4-9-19(11)10-13-12(15)7-8-14(17-13)18-16/h7-8,11H,2-6,9-10,16H2,1H3,(H,17,18). The van der Waals surface area contributed by atoms with Gasteiger partial charge in [0.2, 0.25) is 0 Å². The minimum atomic E-state index is 0.670. The fourth-order valence-corrected chi connectivity index (χ4v) is 2.96. The molecule has 0 saturated carbocycles. The zero-order valence-electron chi connectivity index (χ0n) is 11.5. The lowest BCUT2D eigenvalue weighted by molar-refractivity contribution is 0.130. The lowest BCUT2D eigenvalue weighted by Crippen LogP contribution is -2.39. The van der Waals surface area contributed by atoms with Crippen molar-refractivity contribution in [3.8, 4) is 0 Å². The first-order valence-electron chi connectivity index (χ1n) is 7.10. The molecule has 2 rings (SSSR count). The van der Waals surface area contributed by atoms with Crippen molar-refractivity contribution >= 4 is 17.4 Å². The molecule has 1 unspecified atom stereocenters. The van der Waals surface area contributed by atoms with Crippen LogP contribution in [-0.2, 0) is 6.54 Å². The Balaban J connectivity index is 2.09. The van der Waals surface area contributed by atoms with Gasteiger partial charge in [0, 0.05) is 12.6 Å². The van der Waals surface area contributed by atoms with Crippen molar-refractivity contribution in [3.05, 3.63) is 22.8 Å². The normalized spacial score (nSPS) is 20.5. The van der Waals surface area contributed by atoms with Gasteiger partial charge in [-0.15, -0.1) is 0 Å². The number of nitrogens with zero attached hydrogens (tertiary/aromatic N) is 2. The summed E-state index contributed by atoms with van der Waals surface area (Å²) in [5.74, 6) is 6.08. The second kappa shape index (κ2) is 7.08. The number of rotatable bonds is 5. The van der Waals surface area contributed by atoms with Gasteiger partial charge in [-0.3, -0.25) is 4.90 Å². The number of aromatic nitrogens is 1. The lowest BCUT2D eigenvalue weighted by atomic mass is 9.98. The van der Waals surface area contributed by atoms with Crippen LogP contribution in [0, 0.1) is 0 Å². The molecule has 0 bridgehead atoms. The van der Waals surface area contributed by atoms with E-state index in [1.165, 1.54) is 32.1 Å². The summed E-state index contributed by atoms with van der Waals surface area (Å²) in [6.45, 7) is 4.21. The zero-order valence-corrected chi connectivity index (χ0v) is 12.3. The molecule has 3 N–H and O–H groups in total. The Morgan fingerprint density at radius 3 is 3.05 bits per heavy atom. The number of hydrazine groups is 1. The van der Waals surface area contributed by atoms with E-state index in [4.69, 9.17) is 17.4 Å². The van der Waals surface area contributed by atoms with Crippen LogP contribution >= 0.6 is 11.6 Å². The largest absolute Gasteiger partial charge is 0.308 e. The Morgan fingerprint density at radius 2 is 2.32 bits per heavy atom. The molecule has 1 aliphatic heterocycles. The molecule has 0 amide bonds. The number of nitrogen functional groups attached to an aromatic ring is 1. The van der Waals surface area contributed by atoms with Crippen molar-refractivity contribution in [1.82, 2.24) is 9.88 Å². The van der Waals surface area contributed by atoms with Crippen molar-refractivity contribution < 1.29 is 0 Å². The topological polar surface area (TPSA) is 54.2 Å². The van der Waals surface area contributed by atoms with Crippen LogP contribution in [0.4, 0.5) is 5.82 Å². The number of halogens is 1. The van der Waals surface area contributed by atoms with Crippen LogP contribution in [0.3, 0.4) is 0 Å². The average Bonchev–Trinajstić information content (AvgIpc) is 2.43. The van der Waals surface area contributed by atoms with Gasteiger partial charge in [-0.1, -0.05) is 31.4 Å². The molecular weight excluding hydrogens is 260 g/mol. The van der Waals surface area contributed by atoms with E-state index in [1.54, 1.807) is 6.07 Å². The maximum absolute atomic E-state index is 6.24. The van der Waals surface area contributed by atoms with Crippen molar-refractivity contribution in [3.63, 3.8) is 0 Å². The molecule has 19 heavy (non-hydrogen) atoms. The van der Waals surface area contributed by atoms with Gasteiger partial charge in [0.25, 0.3) is 0 Å². The van der Waals surface area contributed by atoms with Crippen molar-refractivity contribution in [2.45, 2.75) is 51.6 Å². The first kappa shape index (κ1) is 14.6. The quantitative estimate of drug-likeness (QED) is 0.643. The van der Waals surface area contributed by atoms with Crippen LogP contribution in [0.15, 0.2) is 12.1 Å². The molecule has 1 aromatic heterocycles. The highest BCUT2D eigenvalue weighted by Crippen LogP contribution is 2.25. The maximum atomic E-state index is 6.24. The summed E-state index contributed by atoms with van der Waals surface area (Å²) in [4.78, 5) is 6.99. The van der Waals surface area contributed by atoms with Crippen molar-refractivity contribution in [1.29, 1.82) is 0 Å². The Kier molecular flexibility index (Phi) is 5.43. The summed E-state index contributed by atoms with van der Waals surface area (Å²) in [6, 6.07) is 4.33. The van der Waals surface area contributed by atoms with E-state index >= 15 is 0 Å². The third-order valence-corrected chi connectivity index (χ3v) is 4.13. The smallest absolute Gasteiger partial charge is 0.140 e. The summed E-state index contributed by atoms with van der Waals surface area (Å²) >= 11 is 6.24. The summed E-state index contributed by atoms with van der Waals surface area (Å²) in [7, 11) is 0. The van der Waals surface area contributed by atoms with Gasteiger partial charge in [0.15, 0.2) is 0 Å². The molecule has 106 valence electrons. The van der Waals surface area contributed by atoms with Crippen molar-refractivity contribution in [2.75, 3.05) is 12.0 Å². The molecule has 1 aliphatic rings. The molecule has 0 spiro atoms. The highest BCUT2D eigenvalue weighted by molar-refractivity contribution is 6.31. The van der Waals surface area contributed by atoms with E-state index in [9.17, 15) is 0 Å². The molecule has 2 heterocycles. The summed E-state index contributed by atoms with van der Waals surface area (Å²) < 4.78 is 0. The number of anilines is 1. The number of hydrogen-bond donors (Lipinski definition) is 2. The molecule has 0 aliphatic carbocycles. The summed E-state index contributed by atoms with van der Waals surface area (Å²) in [5.41, 5.74) is 3.50. The van der Waals surface area contributed by atoms with E-state index in [0.717, 1.165) is 23.8 Å². The Labute approximate surface area is 120 Å². The van der Waals surface area contributed by atoms with E-state index in [0.29, 0.717) is 11.9 Å². The van der Waals surface area contributed by atoms with Crippen LogP contribution in [0.1, 0.15) is 44.7 Å². The first-order valence-corrected chi connectivity index (χ1v) is 7.48. The van der Waals surface area contributed by atoms with Gasteiger partial charge in [-0.05, 0) is 37.9 Å². The van der Waals surface area contributed by atoms with Gasteiger partial charge in [0.05, 0.1) is 10.7 Å². The molecule has 4 nitrogen and oxygen atoms in total. The number of piperidine rings is 1. The Morgan fingerprint density at radius 1 is 1.47 bits per heavy atom.